The fourth-order valence-electron chi connectivity index (χ4n) is 5.92. The van der Waals surface area contributed by atoms with Gasteiger partial charge in [0.1, 0.15) is 11.2 Å². The molecule has 1 unspecified atom stereocenters. The predicted octanol–water partition coefficient (Wildman–Crippen LogP) is 4.04. The molecule has 4 heterocycles. The van der Waals surface area contributed by atoms with Crippen LogP contribution in [0, 0.1) is 11.6 Å². The van der Waals surface area contributed by atoms with Crippen molar-refractivity contribution in [1.82, 2.24) is 19.9 Å². The second-order valence-electron chi connectivity index (χ2n) is 10.3. The lowest BCUT2D eigenvalue weighted by Crippen LogP contribution is -2.23. The molecule has 1 aliphatic heterocycles. The van der Waals surface area contributed by atoms with Crippen molar-refractivity contribution in [2.45, 2.75) is 25.8 Å². The van der Waals surface area contributed by atoms with E-state index in [1.165, 1.54) is 12.3 Å². The van der Waals surface area contributed by atoms with Crippen molar-refractivity contribution in [2.24, 2.45) is 0 Å². The molecule has 1 aliphatic carbocycles. The van der Waals surface area contributed by atoms with Gasteiger partial charge in [0.2, 0.25) is 5.43 Å². The zero-order chi connectivity index (χ0) is 28.3. The maximum Gasteiger partial charge on any atom is 0.341 e. The molecular weight excluding hydrogens is 518 g/mol. The van der Waals surface area contributed by atoms with Gasteiger partial charge < -0.3 is 25.2 Å². The summed E-state index contributed by atoms with van der Waals surface area (Å²) in [5.41, 5.74) is 3.54. The molecule has 3 aromatic heterocycles. The number of aromatic carboxylic acids is 1. The van der Waals surface area contributed by atoms with Crippen LogP contribution in [0.5, 0.6) is 0 Å². The van der Waals surface area contributed by atoms with Crippen molar-refractivity contribution in [3.8, 4) is 22.3 Å². The standard InChI is InChI=1S/C29H28F2N6O3/c1-4-33-21-9-20(30)25(31)23-16(21)8-22-24(23)26(36(2)3)18(12-34-22)14-7-17-27(38)19(29(39)40)13-37(28(17)35-10-14)15-5-6-32-11-15/h7,9-10,12-13,15,32-33H,4-6,8,11H2,1-3H3,(H,39,40). The average Bonchev–Trinajstić information content (AvgIpc) is 3.60. The van der Waals surface area contributed by atoms with E-state index in [1.54, 1.807) is 37.1 Å². The van der Waals surface area contributed by atoms with Crippen molar-refractivity contribution in [2.75, 3.05) is 43.9 Å². The van der Waals surface area contributed by atoms with Crippen molar-refractivity contribution >= 4 is 28.4 Å². The van der Waals surface area contributed by atoms with Gasteiger partial charge in [0.15, 0.2) is 11.6 Å². The Morgan fingerprint density at radius 1 is 1.23 bits per heavy atom. The number of carboxylic acid groups (broad SMARTS) is 1. The van der Waals surface area contributed by atoms with Gasteiger partial charge in [0.25, 0.3) is 0 Å². The normalized spacial score (nSPS) is 15.8. The first-order chi connectivity index (χ1) is 19.2. The minimum absolute atomic E-state index is 0.0427. The summed E-state index contributed by atoms with van der Waals surface area (Å²) in [5, 5.41) is 16.3. The fraction of sp³-hybridized carbons (Fsp3) is 0.310. The highest BCUT2D eigenvalue weighted by Gasteiger charge is 2.33. The van der Waals surface area contributed by atoms with E-state index in [2.05, 4.69) is 20.6 Å². The molecule has 0 radical (unpaired) electrons. The summed E-state index contributed by atoms with van der Waals surface area (Å²) in [4.78, 5) is 36.3. The van der Waals surface area contributed by atoms with Gasteiger partial charge in [0.05, 0.1) is 16.8 Å². The number of nitrogens with zero attached hydrogens (tertiary/aromatic N) is 4. The highest BCUT2D eigenvalue weighted by Crippen LogP contribution is 2.49. The first kappa shape index (κ1) is 25.9. The number of fused-ring (bicyclic) bond motifs is 4. The van der Waals surface area contributed by atoms with Gasteiger partial charge in [-0.1, -0.05) is 0 Å². The number of nitrogens with one attached hydrogen (secondary N) is 2. The number of hydrogen-bond donors (Lipinski definition) is 3. The van der Waals surface area contributed by atoms with Crippen LogP contribution in [-0.2, 0) is 6.42 Å². The van der Waals surface area contributed by atoms with E-state index in [1.807, 2.05) is 11.8 Å². The summed E-state index contributed by atoms with van der Waals surface area (Å²) in [7, 11) is 3.60. The molecule has 3 N–H and O–H groups in total. The van der Waals surface area contributed by atoms with Crippen molar-refractivity contribution in [1.29, 1.82) is 0 Å². The van der Waals surface area contributed by atoms with Gasteiger partial charge in [-0.15, -0.1) is 0 Å². The minimum atomic E-state index is -1.31. The molecule has 1 saturated heterocycles. The highest BCUT2D eigenvalue weighted by atomic mass is 19.2. The number of hydrogen-bond acceptors (Lipinski definition) is 7. The Kier molecular flexibility index (Phi) is 6.25. The topological polar surface area (TPSA) is 112 Å². The van der Waals surface area contributed by atoms with Gasteiger partial charge in [0, 0.05) is 92.2 Å². The molecule has 11 heteroatoms. The van der Waals surface area contributed by atoms with E-state index >= 15 is 4.39 Å². The zero-order valence-electron chi connectivity index (χ0n) is 22.3. The van der Waals surface area contributed by atoms with E-state index in [0.29, 0.717) is 64.5 Å². The Hall–Kier alpha value is -4.38. The summed E-state index contributed by atoms with van der Waals surface area (Å²) in [6.07, 6.45) is 5.74. The summed E-state index contributed by atoms with van der Waals surface area (Å²) >= 11 is 0. The SMILES string of the molecule is CCNc1cc(F)c(F)c2c1Cc1ncc(-c3cnc4c(c3)c(=O)c(C(=O)O)cn4C3CCNC3)c(N(C)C)c1-2. The van der Waals surface area contributed by atoms with Crippen LogP contribution in [-0.4, -0.2) is 59.3 Å². The Morgan fingerprint density at radius 2 is 2.02 bits per heavy atom. The molecule has 0 saturated carbocycles. The van der Waals surface area contributed by atoms with Gasteiger partial charge in [-0.3, -0.25) is 9.78 Å². The first-order valence-electron chi connectivity index (χ1n) is 13.1. The molecule has 0 amide bonds. The molecule has 1 fully saturated rings. The largest absolute Gasteiger partial charge is 0.477 e. The van der Waals surface area contributed by atoms with E-state index in [9.17, 15) is 19.1 Å². The maximum absolute atomic E-state index is 15.4. The predicted molar refractivity (Wildman–Crippen MR) is 149 cm³/mol. The number of halogens is 2. The number of benzene rings is 1. The van der Waals surface area contributed by atoms with E-state index < -0.39 is 23.0 Å². The zero-order valence-corrected chi connectivity index (χ0v) is 22.3. The molecule has 0 bridgehead atoms. The summed E-state index contributed by atoms with van der Waals surface area (Å²) in [6.45, 7) is 3.84. The summed E-state index contributed by atoms with van der Waals surface area (Å²) in [6, 6.07) is 2.76. The van der Waals surface area contributed by atoms with Crippen LogP contribution < -0.4 is 21.0 Å². The number of rotatable bonds is 6. The average molecular weight is 547 g/mol. The molecule has 2 aliphatic rings. The van der Waals surface area contributed by atoms with Crippen molar-refractivity contribution in [3.05, 3.63) is 69.4 Å². The Bertz CT molecular complexity index is 1760. The second-order valence-corrected chi connectivity index (χ2v) is 10.3. The minimum Gasteiger partial charge on any atom is -0.477 e. The molecule has 1 atom stereocenters. The monoisotopic (exact) mass is 546 g/mol. The molecular formula is C29H28F2N6O3. The van der Waals surface area contributed by atoms with Gasteiger partial charge in [-0.25, -0.2) is 18.6 Å². The molecule has 6 rings (SSSR count). The van der Waals surface area contributed by atoms with E-state index in [0.717, 1.165) is 13.0 Å². The van der Waals surface area contributed by atoms with Crippen molar-refractivity contribution in [3.63, 3.8) is 0 Å². The third-order valence-electron chi connectivity index (χ3n) is 7.70. The summed E-state index contributed by atoms with van der Waals surface area (Å²) in [5.74, 6) is -3.20. The molecule has 206 valence electrons. The smallest absolute Gasteiger partial charge is 0.341 e. The number of aromatic nitrogens is 3. The molecule has 4 aromatic rings. The molecule has 9 nitrogen and oxygen atoms in total. The van der Waals surface area contributed by atoms with Crippen LogP contribution >= 0.6 is 0 Å². The molecule has 0 spiro atoms. The molecule has 1 aromatic carbocycles. The van der Waals surface area contributed by atoms with Crippen LogP contribution in [0.25, 0.3) is 33.3 Å². The van der Waals surface area contributed by atoms with Crippen LogP contribution in [0.2, 0.25) is 0 Å². The first-order valence-corrected chi connectivity index (χ1v) is 13.1. The van der Waals surface area contributed by atoms with E-state index in [-0.39, 0.29) is 22.6 Å². The Balaban J connectivity index is 1.60. The van der Waals surface area contributed by atoms with Gasteiger partial charge in [-0.2, -0.15) is 0 Å². The lowest BCUT2D eigenvalue weighted by Gasteiger charge is -2.23. The number of anilines is 2. The second kappa shape index (κ2) is 9.67. The third kappa shape index (κ3) is 3.91. The maximum atomic E-state index is 15.4. The van der Waals surface area contributed by atoms with Crippen LogP contribution in [0.1, 0.15) is 41.0 Å². The lowest BCUT2D eigenvalue weighted by molar-refractivity contribution is 0.0694. The van der Waals surface area contributed by atoms with Gasteiger partial charge >= 0.3 is 5.97 Å². The number of carboxylic acids is 1. The third-order valence-corrected chi connectivity index (χ3v) is 7.70. The fourth-order valence-corrected chi connectivity index (χ4v) is 5.92. The number of carbonyl (C=O) groups is 1. The summed E-state index contributed by atoms with van der Waals surface area (Å²) < 4.78 is 31.9. The molecule has 40 heavy (non-hydrogen) atoms. The quantitative estimate of drug-likeness (QED) is 0.293. The van der Waals surface area contributed by atoms with Crippen molar-refractivity contribution < 1.29 is 18.7 Å². The van der Waals surface area contributed by atoms with Crippen LogP contribution in [0.15, 0.2) is 35.5 Å². The van der Waals surface area contributed by atoms with E-state index in [4.69, 9.17) is 0 Å². The van der Waals surface area contributed by atoms with Crippen LogP contribution in [0.4, 0.5) is 20.2 Å². The van der Waals surface area contributed by atoms with Crippen LogP contribution in [0.3, 0.4) is 0 Å². The Labute approximate surface area is 228 Å². The Morgan fingerprint density at radius 3 is 2.70 bits per heavy atom. The van der Waals surface area contributed by atoms with Gasteiger partial charge in [-0.05, 0) is 31.5 Å². The highest BCUT2D eigenvalue weighted by molar-refractivity contribution is 5.98. The number of pyridine rings is 3. The lowest BCUT2D eigenvalue weighted by atomic mass is 9.97.